The average Bonchev–Trinajstić information content (AvgIpc) is 2.51. The van der Waals surface area contributed by atoms with Gasteiger partial charge in [0.25, 0.3) is 0 Å². The molecule has 1 rings (SSSR count). The first kappa shape index (κ1) is 21.6. The zero-order valence-electron chi connectivity index (χ0n) is 15.4. The SMILES string of the molecule is CC(C)C[C@H](NC(=O)CNC(=O)CC(C)Cc1cccc(F)c1)C(=O)O. The van der Waals surface area contributed by atoms with E-state index in [1.54, 1.807) is 12.1 Å². The molecule has 0 spiro atoms. The minimum absolute atomic E-state index is 0.0208. The van der Waals surface area contributed by atoms with Gasteiger partial charge in [0, 0.05) is 6.42 Å². The molecule has 0 aromatic heterocycles. The molecule has 0 aliphatic heterocycles. The summed E-state index contributed by atoms with van der Waals surface area (Å²) in [7, 11) is 0. The second-order valence-electron chi connectivity index (χ2n) is 7.01. The second kappa shape index (κ2) is 10.5. The monoisotopic (exact) mass is 366 g/mol. The van der Waals surface area contributed by atoms with Gasteiger partial charge in [0.15, 0.2) is 0 Å². The summed E-state index contributed by atoms with van der Waals surface area (Å²) in [5, 5.41) is 14.0. The third-order valence-corrected chi connectivity index (χ3v) is 3.79. The molecule has 1 aromatic rings. The van der Waals surface area contributed by atoms with Gasteiger partial charge in [0.2, 0.25) is 11.8 Å². The van der Waals surface area contributed by atoms with Crippen LogP contribution in [0.3, 0.4) is 0 Å². The Morgan fingerprint density at radius 1 is 1.15 bits per heavy atom. The number of carboxylic acids is 1. The van der Waals surface area contributed by atoms with E-state index < -0.39 is 17.9 Å². The van der Waals surface area contributed by atoms with Crippen molar-refractivity contribution in [2.45, 2.75) is 46.1 Å². The van der Waals surface area contributed by atoms with E-state index in [4.69, 9.17) is 5.11 Å². The van der Waals surface area contributed by atoms with Crippen LogP contribution in [-0.4, -0.2) is 35.5 Å². The van der Waals surface area contributed by atoms with E-state index in [2.05, 4.69) is 10.6 Å². The van der Waals surface area contributed by atoms with Gasteiger partial charge in [-0.3, -0.25) is 9.59 Å². The van der Waals surface area contributed by atoms with E-state index in [0.717, 1.165) is 5.56 Å². The second-order valence-corrected chi connectivity index (χ2v) is 7.01. The Hall–Kier alpha value is -2.44. The largest absolute Gasteiger partial charge is 0.480 e. The van der Waals surface area contributed by atoms with Crippen LogP contribution in [0.5, 0.6) is 0 Å². The van der Waals surface area contributed by atoms with E-state index in [0.29, 0.717) is 12.8 Å². The van der Waals surface area contributed by atoms with Gasteiger partial charge in [-0.2, -0.15) is 0 Å². The fourth-order valence-corrected chi connectivity index (χ4v) is 2.64. The lowest BCUT2D eigenvalue weighted by Crippen LogP contribution is -2.46. The Labute approximate surface area is 153 Å². The molecule has 0 bridgehead atoms. The van der Waals surface area contributed by atoms with Gasteiger partial charge in [-0.15, -0.1) is 0 Å². The van der Waals surface area contributed by atoms with Crippen LogP contribution in [0.15, 0.2) is 24.3 Å². The first-order chi connectivity index (χ1) is 12.2. The number of nitrogens with one attached hydrogen (secondary N) is 2. The highest BCUT2D eigenvalue weighted by Gasteiger charge is 2.21. The molecule has 144 valence electrons. The smallest absolute Gasteiger partial charge is 0.326 e. The van der Waals surface area contributed by atoms with E-state index in [1.807, 2.05) is 20.8 Å². The van der Waals surface area contributed by atoms with Crippen LogP contribution in [0.25, 0.3) is 0 Å². The predicted octanol–water partition coefficient (Wildman–Crippen LogP) is 2.13. The van der Waals surface area contributed by atoms with Crippen LogP contribution in [-0.2, 0) is 20.8 Å². The summed E-state index contributed by atoms with van der Waals surface area (Å²) in [6.07, 6.45) is 1.06. The number of halogens is 1. The number of carboxylic acid groups (broad SMARTS) is 1. The van der Waals surface area contributed by atoms with Crippen LogP contribution in [0.1, 0.15) is 39.2 Å². The van der Waals surface area contributed by atoms with Crippen molar-refractivity contribution in [3.63, 3.8) is 0 Å². The van der Waals surface area contributed by atoms with Crippen molar-refractivity contribution in [1.29, 1.82) is 0 Å². The summed E-state index contributed by atoms with van der Waals surface area (Å²) >= 11 is 0. The maximum Gasteiger partial charge on any atom is 0.326 e. The summed E-state index contributed by atoms with van der Waals surface area (Å²) in [6, 6.07) is 5.25. The average molecular weight is 366 g/mol. The molecule has 0 saturated heterocycles. The predicted molar refractivity (Wildman–Crippen MR) is 95.9 cm³/mol. The number of amides is 2. The maximum atomic E-state index is 13.2. The Kier molecular flexibility index (Phi) is 8.75. The van der Waals surface area contributed by atoms with Crippen molar-refractivity contribution in [1.82, 2.24) is 10.6 Å². The Bertz CT molecular complexity index is 634. The van der Waals surface area contributed by atoms with Gasteiger partial charge in [0.1, 0.15) is 11.9 Å². The third kappa shape index (κ3) is 8.60. The number of hydrogen-bond acceptors (Lipinski definition) is 3. The Balaban J connectivity index is 2.38. The molecule has 2 atom stereocenters. The maximum absolute atomic E-state index is 13.2. The fourth-order valence-electron chi connectivity index (χ4n) is 2.64. The van der Waals surface area contributed by atoms with E-state index in [9.17, 15) is 18.8 Å². The summed E-state index contributed by atoms with van der Waals surface area (Å²) in [5.41, 5.74) is 0.807. The molecule has 2 amide bonds. The fraction of sp³-hybridized carbons (Fsp3) is 0.526. The highest BCUT2D eigenvalue weighted by molar-refractivity contribution is 5.87. The lowest BCUT2D eigenvalue weighted by molar-refractivity contribution is -0.142. The molecule has 0 fully saturated rings. The van der Waals surface area contributed by atoms with Gasteiger partial charge in [-0.1, -0.05) is 32.9 Å². The zero-order valence-corrected chi connectivity index (χ0v) is 15.4. The molecule has 26 heavy (non-hydrogen) atoms. The topological polar surface area (TPSA) is 95.5 Å². The van der Waals surface area contributed by atoms with Crippen molar-refractivity contribution < 1.29 is 23.9 Å². The molecule has 0 aliphatic rings. The van der Waals surface area contributed by atoms with Gasteiger partial charge in [0.05, 0.1) is 6.54 Å². The highest BCUT2D eigenvalue weighted by atomic mass is 19.1. The number of hydrogen-bond donors (Lipinski definition) is 3. The molecule has 0 aliphatic carbocycles. The number of benzene rings is 1. The highest BCUT2D eigenvalue weighted by Crippen LogP contribution is 2.13. The lowest BCUT2D eigenvalue weighted by atomic mass is 9.98. The standard InChI is InChI=1S/C19H27FN2O4/c1-12(2)7-16(19(25)26)22-18(24)11-21-17(23)9-13(3)8-14-5-4-6-15(20)10-14/h4-6,10,12-13,16H,7-9,11H2,1-3H3,(H,21,23)(H,22,24)(H,25,26)/t13?,16-/m0/s1. The van der Waals surface area contributed by atoms with Crippen LogP contribution >= 0.6 is 0 Å². The summed E-state index contributed by atoms with van der Waals surface area (Å²) in [6.45, 7) is 5.33. The number of aliphatic carboxylic acids is 1. The normalized spacial score (nSPS) is 13.1. The van der Waals surface area contributed by atoms with Crippen LogP contribution < -0.4 is 10.6 Å². The molecule has 6 nitrogen and oxygen atoms in total. The zero-order chi connectivity index (χ0) is 19.7. The van der Waals surface area contributed by atoms with Crippen molar-refractivity contribution in [2.24, 2.45) is 11.8 Å². The molecule has 0 saturated carbocycles. The van der Waals surface area contributed by atoms with Crippen molar-refractivity contribution in [3.8, 4) is 0 Å². The van der Waals surface area contributed by atoms with E-state index >= 15 is 0 Å². The molecule has 0 radical (unpaired) electrons. The molecule has 0 heterocycles. The minimum atomic E-state index is -1.10. The van der Waals surface area contributed by atoms with Gasteiger partial charge in [-0.05, 0) is 42.4 Å². The first-order valence-electron chi connectivity index (χ1n) is 8.70. The molecular formula is C19H27FN2O4. The van der Waals surface area contributed by atoms with Gasteiger partial charge >= 0.3 is 5.97 Å². The lowest BCUT2D eigenvalue weighted by Gasteiger charge is -2.17. The molecule has 3 N–H and O–H groups in total. The Morgan fingerprint density at radius 3 is 2.42 bits per heavy atom. The van der Waals surface area contributed by atoms with Gasteiger partial charge < -0.3 is 15.7 Å². The van der Waals surface area contributed by atoms with Crippen LogP contribution in [0.4, 0.5) is 4.39 Å². The van der Waals surface area contributed by atoms with Crippen molar-refractivity contribution in [3.05, 3.63) is 35.6 Å². The quantitative estimate of drug-likeness (QED) is 0.591. The number of carbonyl (C=O) groups excluding carboxylic acids is 2. The van der Waals surface area contributed by atoms with E-state index in [-0.39, 0.29) is 36.5 Å². The molecule has 1 aromatic carbocycles. The summed E-state index contributed by atoms with van der Waals surface area (Å²) in [4.78, 5) is 34.9. The van der Waals surface area contributed by atoms with E-state index in [1.165, 1.54) is 12.1 Å². The Morgan fingerprint density at radius 2 is 1.85 bits per heavy atom. The molecular weight excluding hydrogens is 339 g/mol. The third-order valence-electron chi connectivity index (χ3n) is 3.79. The van der Waals surface area contributed by atoms with Gasteiger partial charge in [-0.25, -0.2) is 9.18 Å². The molecule has 7 heteroatoms. The van der Waals surface area contributed by atoms with Crippen LogP contribution in [0, 0.1) is 17.7 Å². The van der Waals surface area contributed by atoms with Crippen molar-refractivity contribution in [2.75, 3.05) is 6.54 Å². The molecule has 1 unspecified atom stereocenters. The van der Waals surface area contributed by atoms with Crippen molar-refractivity contribution >= 4 is 17.8 Å². The summed E-state index contributed by atoms with van der Waals surface area (Å²) in [5.74, 6) is -2.15. The first-order valence-corrected chi connectivity index (χ1v) is 8.70. The summed E-state index contributed by atoms with van der Waals surface area (Å²) < 4.78 is 13.2. The minimum Gasteiger partial charge on any atom is -0.480 e. The number of carbonyl (C=O) groups is 3. The van der Waals surface area contributed by atoms with Crippen LogP contribution in [0.2, 0.25) is 0 Å². The number of rotatable bonds is 10.